The second-order valence-electron chi connectivity index (χ2n) is 3.68. The highest BCUT2D eigenvalue weighted by Gasteiger charge is 2.13. The van der Waals surface area contributed by atoms with E-state index in [1.54, 1.807) is 19.2 Å². The summed E-state index contributed by atoms with van der Waals surface area (Å²) in [4.78, 5) is 11.8. The molecule has 0 radical (unpaired) electrons. The number of hydrogen-bond acceptors (Lipinski definition) is 2. The quantitative estimate of drug-likeness (QED) is 0.767. The van der Waals surface area contributed by atoms with Gasteiger partial charge in [-0.2, -0.15) is 5.10 Å². The van der Waals surface area contributed by atoms with Gasteiger partial charge in [0.1, 0.15) is 18.2 Å². The van der Waals surface area contributed by atoms with Gasteiger partial charge in [-0.1, -0.05) is 0 Å². The van der Waals surface area contributed by atoms with E-state index < -0.39 is 17.4 Å². The number of ketones is 1. The summed E-state index contributed by atoms with van der Waals surface area (Å²) in [6.45, 7) is 1.74. The van der Waals surface area contributed by atoms with E-state index in [1.807, 2.05) is 0 Å². The van der Waals surface area contributed by atoms with Gasteiger partial charge in [0.15, 0.2) is 5.78 Å². The van der Waals surface area contributed by atoms with Crippen LogP contribution in [0.15, 0.2) is 30.5 Å². The second kappa shape index (κ2) is 4.45. The number of carbonyl (C=O) groups excluding carboxylic acids is 1. The molecule has 0 N–H and O–H groups in total. The Labute approximate surface area is 96.7 Å². The summed E-state index contributed by atoms with van der Waals surface area (Å²) in [5, 5.41) is 3.93. The zero-order valence-corrected chi connectivity index (χ0v) is 9.15. The molecule has 17 heavy (non-hydrogen) atoms. The maximum Gasteiger partial charge on any atom is 0.187 e. The third-order valence-electron chi connectivity index (χ3n) is 2.45. The minimum absolute atomic E-state index is 0.0542. The Bertz CT molecular complexity index is 563. The molecule has 1 aromatic carbocycles. The molecule has 0 spiro atoms. The van der Waals surface area contributed by atoms with Crippen LogP contribution in [0, 0.1) is 18.6 Å². The Hall–Kier alpha value is -2.04. The van der Waals surface area contributed by atoms with Crippen LogP contribution < -0.4 is 0 Å². The van der Waals surface area contributed by atoms with Gasteiger partial charge in [-0.25, -0.2) is 8.78 Å². The van der Waals surface area contributed by atoms with Crippen LogP contribution >= 0.6 is 0 Å². The van der Waals surface area contributed by atoms with E-state index in [0.717, 1.165) is 17.8 Å². The molecule has 0 amide bonds. The van der Waals surface area contributed by atoms with Crippen molar-refractivity contribution in [2.24, 2.45) is 0 Å². The van der Waals surface area contributed by atoms with Crippen LogP contribution in [0.4, 0.5) is 8.78 Å². The lowest BCUT2D eigenvalue weighted by Gasteiger charge is -2.04. The third kappa shape index (κ3) is 2.38. The SMILES string of the molecule is Cc1ccnn1CC(=O)c1ccc(F)cc1F. The maximum atomic E-state index is 13.3. The zero-order valence-electron chi connectivity index (χ0n) is 9.15. The van der Waals surface area contributed by atoms with Crippen molar-refractivity contribution in [3.8, 4) is 0 Å². The molecule has 1 aromatic heterocycles. The van der Waals surface area contributed by atoms with E-state index in [9.17, 15) is 13.6 Å². The first-order valence-corrected chi connectivity index (χ1v) is 5.04. The van der Waals surface area contributed by atoms with Crippen LogP contribution in [-0.2, 0) is 6.54 Å². The molecule has 3 nitrogen and oxygen atoms in total. The lowest BCUT2D eigenvalue weighted by Crippen LogP contribution is -2.14. The fourth-order valence-corrected chi connectivity index (χ4v) is 1.50. The molecular formula is C12H10F2N2O. The predicted octanol–water partition coefficient (Wildman–Crippen LogP) is 2.35. The van der Waals surface area contributed by atoms with Crippen molar-refractivity contribution in [1.82, 2.24) is 9.78 Å². The van der Waals surface area contributed by atoms with Crippen LogP contribution in [0.25, 0.3) is 0 Å². The zero-order chi connectivity index (χ0) is 12.4. The number of carbonyl (C=O) groups is 1. The Morgan fingerprint density at radius 2 is 2.12 bits per heavy atom. The maximum absolute atomic E-state index is 13.3. The minimum Gasteiger partial charge on any atom is -0.292 e. The first-order valence-electron chi connectivity index (χ1n) is 5.04. The van der Waals surface area contributed by atoms with Crippen LogP contribution in [0.2, 0.25) is 0 Å². The lowest BCUT2D eigenvalue weighted by atomic mass is 10.1. The average Bonchev–Trinajstić information content (AvgIpc) is 2.64. The molecule has 88 valence electrons. The molecule has 0 bridgehead atoms. The second-order valence-corrected chi connectivity index (χ2v) is 3.68. The molecule has 2 rings (SSSR count). The number of Topliss-reactive ketones (excluding diaryl/α,β-unsaturated/α-hetero) is 1. The Balaban J connectivity index is 2.23. The summed E-state index contributed by atoms with van der Waals surface area (Å²) >= 11 is 0. The monoisotopic (exact) mass is 236 g/mol. The van der Waals surface area contributed by atoms with Crippen molar-refractivity contribution in [2.45, 2.75) is 13.5 Å². The molecule has 0 atom stereocenters. The molecule has 2 aromatic rings. The van der Waals surface area contributed by atoms with Crippen molar-refractivity contribution in [1.29, 1.82) is 0 Å². The fourth-order valence-electron chi connectivity index (χ4n) is 1.50. The van der Waals surface area contributed by atoms with Gasteiger partial charge in [0.25, 0.3) is 0 Å². The minimum atomic E-state index is -0.847. The number of rotatable bonds is 3. The average molecular weight is 236 g/mol. The van der Waals surface area contributed by atoms with E-state index in [4.69, 9.17) is 0 Å². The summed E-state index contributed by atoms with van der Waals surface area (Å²) in [5.74, 6) is -1.98. The Morgan fingerprint density at radius 1 is 1.35 bits per heavy atom. The predicted molar refractivity (Wildman–Crippen MR) is 57.7 cm³/mol. The smallest absolute Gasteiger partial charge is 0.187 e. The number of aryl methyl sites for hydroxylation is 1. The number of aromatic nitrogens is 2. The van der Waals surface area contributed by atoms with Gasteiger partial charge >= 0.3 is 0 Å². The topological polar surface area (TPSA) is 34.9 Å². The van der Waals surface area contributed by atoms with Gasteiger partial charge in [0.05, 0.1) is 5.56 Å². The number of halogens is 2. The van der Waals surface area contributed by atoms with Crippen molar-refractivity contribution >= 4 is 5.78 Å². The van der Waals surface area contributed by atoms with E-state index in [0.29, 0.717) is 6.07 Å². The molecule has 1 heterocycles. The highest BCUT2D eigenvalue weighted by atomic mass is 19.1. The van der Waals surface area contributed by atoms with Gasteiger partial charge in [-0.3, -0.25) is 9.48 Å². The van der Waals surface area contributed by atoms with Crippen molar-refractivity contribution in [3.63, 3.8) is 0 Å². The molecule has 0 saturated heterocycles. The van der Waals surface area contributed by atoms with Gasteiger partial charge in [0.2, 0.25) is 0 Å². The summed E-state index contributed by atoms with van der Waals surface area (Å²) < 4.78 is 27.5. The van der Waals surface area contributed by atoms with Gasteiger partial charge in [-0.05, 0) is 25.1 Å². The summed E-state index contributed by atoms with van der Waals surface area (Å²) in [5.41, 5.74) is 0.683. The van der Waals surface area contributed by atoms with Crippen LogP contribution in [0.1, 0.15) is 16.1 Å². The standard InChI is InChI=1S/C12H10F2N2O/c1-8-4-5-15-16(8)7-12(17)10-3-2-9(13)6-11(10)14/h2-6H,7H2,1H3. The lowest BCUT2D eigenvalue weighted by molar-refractivity contribution is 0.0963. The largest absolute Gasteiger partial charge is 0.292 e. The number of hydrogen-bond donors (Lipinski definition) is 0. The molecule has 0 aliphatic heterocycles. The van der Waals surface area contributed by atoms with Crippen molar-refractivity contribution in [3.05, 3.63) is 53.4 Å². The van der Waals surface area contributed by atoms with Crippen LogP contribution in [0.5, 0.6) is 0 Å². The Morgan fingerprint density at radius 3 is 2.71 bits per heavy atom. The van der Waals surface area contributed by atoms with Gasteiger partial charge in [0, 0.05) is 18.0 Å². The fraction of sp³-hybridized carbons (Fsp3) is 0.167. The van der Waals surface area contributed by atoms with Gasteiger partial charge < -0.3 is 0 Å². The van der Waals surface area contributed by atoms with E-state index in [1.165, 1.54) is 4.68 Å². The number of nitrogens with zero attached hydrogens (tertiary/aromatic N) is 2. The van der Waals surface area contributed by atoms with Crippen LogP contribution in [0.3, 0.4) is 0 Å². The van der Waals surface area contributed by atoms with E-state index in [-0.39, 0.29) is 12.1 Å². The highest BCUT2D eigenvalue weighted by Crippen LogP contribution is 2.11. The summed E-state index contributed by atoms with van der Waals surface area (Å²) in [6, 6.07) is 4.65. The summed E-state index contributed by atoms with van der Waals surface area (Å²) in [7, 11) is 0. The highest BCUT2D eigenvalue weighted by molar-refractivity contribution is 5.96. The first kappa shape index (κ1) is 11.4. The van der Waals surface area contributed by atoms with Crippen molar-refractivity contribution in [2.75, 3.05) is 0 Å². The number of benzene rings is 1. The third-order valence-corrected chi connectivity index (χ3v) is 2.45. The normalized spacial score (nSPS) is 10.5. The van der Waals surface area contributed by atoms with E-state index >= 15 is 0 Å². The summed E-state index contributed by atoms with van der Waals surface area (Å²) in [6.07, 6.45) is 1.56. The molecule has 5 heteroatoms. The molecule has 0 aliphatic rings. The molecule has 0 aliphatic carbocycles. The molecule has 0 unspecified atom stereocenters. The Kier molecular flexibility index (Phi) is 2.99. The molecule has 0 saturated carbocycles. The molecule has 0 fully saturated rings. The van der Waals surface area contributed by atoms with Gasteiger partial charge in [-0.15, -0.1) is 0 Å². The molecular weight excluding hydrogens is 226 g/mol. The van der Waals surface area contributed by atoms with Crippen molar-refractivity contribution < 1.29 is 13.6 Å². The first-order chi connectivity index (χ1) is 8.08. The van der Waals surface area contributed by atoms with Crippen LogP contribution in [-0.4, -0.2) is 15.6 Å². The van der Waals surface area contributed by atoms with E-state index in [2.05, 4.69) is 5.10 Å².